The summed E-state index contributed by atoms with van der Waals surface area (Å²) in [5, 5.41) is 40.0. The zero-order valence-corrected chi connectivity index (χ0v) is 36.2. The van der Waals surface area contributed by atoms with Crippen LogP contribution in [0.2, 0.25) is 0 Å². The molecule has 0 spiro atoms. The number of esters is 3. The molecule has 17 nitrogen and oxygen atoms in total. The topological polar surface area (TPSA) is 240 Å². The van der Waals surface area contributed by atoms with Gasteiger partial charge in [-0.25, -0.2) is 19.2 Å². The Hall–Kier alpha value is -5.36. The maximum Gasteiger partial charge on any atom is 0.508 e. The van der Waals surface area contributed by atoms with E-state index >= 15 is 4.79 Å². The van der Waals surface area contributed by atoms with Crippen molar-refractivity contribution in [2.45, 2.75) is 128 Å². The van der Waals surface area contributed by atoms with Crippen molar-refractivity contribution in [2.75, 3.05) is 13.7 Å². The number of benzene rings is 2. The number of methoxy groups -OCH3 is 1. The summed E-state index contributed by atoms with van der Waals surface area (Å²) >= 11 is 0. The van der Waals surface area contributed by atoms with E-state index in [0.29, 0.717) is 5.56 Å². The number of aliphatic hydroxyl groups excluding tert-OH is 2. The van der Waals surface area contributed by atoms with Crippen LogP contribution in [0.25, 0.3) is 0 Å². The van der Waals surface area contributed by atoms with Crippen molar-refractivity contribution in [1.82, 2.24) is 5.32 Å². The summed E-state index contributed by atoms with van der Waals surface area (Å²) in [6, 6.07) is 14.4. The molecule has 2 saturated carbocycles. The third-order valence-electron chi connectivity index (χ3n) is 12.9. The van der Waals surface area contributed by atoms with Crippen molar-refractivity contribution in [3.63, 3.8) is 0 Å². The Morgan fingerprint density at radius 1 is 0.935 bits per heavy atom. The highest BCUT2D eigenvalue weighted by atomic mass is 16.8. The first kappa shape index (κ1) is 46.2. The van der Waals surface area contributed by atoms with Crippen LogP contribution in [0.5, 0.6) is 0 Å². The van der Waals surface area contributed by atoms with Gasteiger partial charge in [0, 0.05) is 25.2 Å². The standard InChI is InChI=1S/C45H55NO16/c1-23-27(59-38(52)32(49)31(25-16-12-10-13-17-25)46-39(53)61-41(3,4)5)21-45(55)36(60-37(51)26-18-14-11-15-19-26)34-43(8,35(50)33(58-24(2)47)30(23)42(45,6)7)28(48)20-29-44(34,22-57-29)62-40(54)56-9/h10-19,27-29,31-34,36,48-49,55H,20-22H2,1-9H3,(H,46,53)/t27-,28-,29+,31-,32+,33+,34?,36?,43+,44-,45+/m0/s1. The number of fused-ring (bicyclic) bond motifs is 5. The van der Waals surface area contributed by atoms with Crippen LogP contribution < -0.4 is 5.32 Å². The van der Waals surface area contributed by atoms with Crippen molar-refractivity contribution < 1.29 is 77.2 Å². The summed E-state index contributed by atoms with van der Waals surface area (Å²) in [4.78, 5) is 83.1. The zero-order valence-electron chi connectivity index (χ0n) is 36.2. The van der Waals surface area contributed by atoms with Gasteiger partial charge in [0.2, 0.25) is 0 Å². The predicted molar refractivity (Wildman–Crippen MR) is 215 cm³/mol. The maximum atomic E-state index is 15.5. The van der Waals surface area contributed by atoms with E-state index in [-0.39, 0.29) is 29.7 Å². The van der Waals surface area contributed by atoms with Gasteiger partial charge in [-0.3, -0.25) is 9.59 Å². The molecule has 1 saturated heterocycles. The number of ketones is 1. The molecule has 6 rings (SSSR count). The molecule has 3 fully saturated rings. The second kappa shape index (κ2) is 16.7. The molecule has 2 aromatic carbocycles. The Labute approximate surface area is 359 Å². The second-order valence-corrected chi connectivity index (χ2v) is 18.1. The number of rotatable bonds is 9. The van der Waals surface area contributed by atoms with Gasteiger partial charge in [0.15, 0.2) is 23.6 Å². The van der Waals surface area contributed by atoms with Gasteiger partial charge < -0.3 is 53.8 Å². The minimum absolute atomic E-state index is 0.0345. The summed E-state index contributed by atoms with van der Waals surface area (Å²) in [5.74, 6) is -5.69. The number of amides is 1. The van der Waals surface area contributed by atoms with E-state index in [1.54, 1.807) is 69.3 Å². The highest BCUT2D eigenvalue weighted by Crippen LogP contribution is 2.64. The molecule has 3 aliphatic carbocycles. The number of aliphatic hydroxyl groups is 3. The van der Waals surface area contributed by atoms with Gasteiger partial charge in [-0.15, -0.1) is 0 Å². The number of carbonyl (C=O) groups is 6. The van der Waals surface area contributed by atoms with E-state index in [1.807, 2.05) is 0 Å². The van der Waals surface area contributed by atoms with E-state index in [9.17, 15) is 39.3 Å². The van der Waals surface area contributed by atoms with Gasteiger partial charge in [-0.1, -0.05) is 62.4 Å². The summed E-state index contributed by atoms with van der Waals surface area (Å²) in [7, 11) is 1.06. The normalized spacial score (nSPS) is 32.1. The van der Waals surface area contributed by atoms with Gasteiger partial charge >= 0.3 is 30.2 Å². The lowest BCUT2D eigenvalue weighted by atomic mass is 9.44. The third-order valence-corrected chi connectivity index (χ3v) is 12.9. The fraction of sp³-hybridized carbons (Fsp3) is 0.556. The Kier molecular flexibility index (Phi) is 12.5. The van der Waals surface area contributed by atoms with E-state index < -0.39 is 119 Å². The van der Waals surface area contributed by atoms with Crippen LogP contribution in [0, 0.1) is 16.7 Å². The van der Waals surface area contributed by atoms with Crippen LogP contribution in [-0.4, -0.2) is 118 Å². The number of alkyl carbamates (subject to hydrolysis) is 1. The quantitative estimate of drug-likeness (QED) is 0.158. The lowest BCUT2D eigenvalue weighted by molar-refractivity contribution is -0.344. The lowest BCUT2D eigenvalue weighted by Crippen LogP contribution is -2.82. The summed E-state index contributed by atoms with van der Waals surface area (Å²) in [6.45, 7) is 11.5. The van der Waals surface area contributed by atoms with Crippen molar-refractivity contribution >= 4 is 35.9 Å². The Morgan fingerprint density at radius 3 is 2.10 bits per heavy atom. The van der Waals surface area contributed by atoms with E-state index in [4.69, 9.17) is 33.2 Å². The molecule has 2 aromatic rings. The first-order valence-corrected chi connectivity index (χ1v) is 20.3. The van der Waals surface area contributed by atoms with Crippen LogP contribution in [0.1, 0.15) is 90.2 Å². The van der Waals surface area contributed by atoms with Gasteiger partial charge in [-0.05, 0) is 63.5 Å². The van der Waals surface area contributed by atoms with Crippen molar-refractivity contribution in [3.05, 3.63) is 82.9 Å². The number of ether oxygens (including phenoxy) is 7. The van der Waals surface area contributed by atoms with Crippen molar-refractivity contribution in [1.29, 1.82) is 0 Å². The first-order valence-electron chi connectivity index (χ1n) is 20.3. The van der Waals surface area contributed by atoms with Gasteiger partial charge in [0.25, 0.3) is 0 Å². The fourth-order valence-corrected chi connectivity index (χ4v) is 9.73. The zero-order chi connectivity index (χ0) is 45.7. The maximum absolute atomic E-state index is 15.5. The Bertz CT molecular complexity index is 2120. The van der Waals surface area contributed by atoms with Gasteiger partial charge in [-0.2, -0.15) is 0 Å². The average molecular weight is 866 g/mol. The van der Waals surface area contributed by atoms with Crippen LogP contribution >= 0.6 is 0 Å². The van der Waals surface area contributed by atoms with Crippen LogP contribution in [0.15, 0.2) is 71.8 Å². The number of nitrogens with one attached hydrogen (secondary N) is 1. The molecule has 11 atom stereocenters. The van der Waals surface area contributed by atoms with Crippen LogP contribution in [0.3, 0.4) is 0 Å². The summed E-state index contributed by atoms with van der Waals surface area (Å²) < 4.78 is 40.4. The second-order valence-electron chi connectivity index (χ2n) is 18.1. The van der Waals surface area contributed by atoms with Crippen LogP contribution in [-0.2, 0) is 47.5 Å². The number of hydrogen-bond acceptors (Lipinski definition) is 16. The van der Waals surface area contributed by atoms with Crippen molar-refractivity contribution in [3.8, 4) is 0 Å². The minimum atomic E-state index is -2.44. The highest BCUT2D eigenvalue weighted by Gasteiger charge is 2.78. The molecule has 62 heavy (non-hydrogen) atoms. The predicted octanol–water partition coefficient (Wildman–Crippen LogP) is 4.05. The molecular formula is C45H55NO16. The van der Waals surface area contributed by atoms with E-state index in [0.717, 1.165) is 14.0 Å². The Morgan fingerprint density at radius 2 is 1.55 bits per heavy atom. The molecule has 4 aliphatic rings. The molecule has 1 heterocycles. The minimum Gasteiger partial charge on any atom is -0.456 e. The summed E-state index contributed by atoms with van der Waals surface area (Å²) in [6.07, 6.45) is -13.1. The smallest absolute Gasteiger partial charge is 0.456 e. The lowest BCUT2D eigenvalue weighted by Gasteiger charge is -2.67. The van der Waals surface area contributed by atoms with E-state index in [2.05, 4.69) is 5.32 Å². The highest BCUT2D eigenvalue weighted by molar-refractivity contribution is 5.95. The SMILES string of the molecule is COC(=O)O[C@@]12CO[C@@H]1C[C@H](O)[C@@]1(C)C(=O)[C@H](OC(C)=O)C3=C(C)[C@@H](OC(=O)[C@H](O)[C@@H](NC(=O)OC(C)(C)C)c4ccccc4)C[C@@](O)(C(OC(=O)c4ccccc4)C12)C3(C)C. The third kappa shape index (κ3) is 7.95. The monoisotopic (exact) mass is 865 g/mol. The molecule has 4 N–H and O–H groups in total. The molecule has 1 amide bonds. The molecule has 336 valence electrons. The first-order chi connectivity index (χ1) is 28.9. The molecule has 1 aliphatic heterocycles. The fourth-order valence-electron chi connectivity index (χ4n) is 9.73. The number of carbonyl (C=O) groups excluding carboxylic acids is 6. The summed E-state index contributed by atoms with van der Waals surface area (Å²) in [5.41, 5.74) is -8.63. The van der Waals surface area contributed by atoms with Crippen LogP contribution in [0.4, 0.5) is 9.59 Å². The van der Waals surface area contributed by atoms with Gasteiger partial charge in [0.05, 0.1) is 42.8 Å². The average Bonchev–Trinajstić information content (AvgIpc) is 3.20. The molecule has 0 radical (unpaired) electrons. The number of hydrogen-bond donors (Lipinski definition) is 4. The molecule has 17 heteroatoms. The molecule has 2 bridgehead atoms. The van der Waals surface area contributed by atoms with E-state index in [1.165, 1.54) is 39.8 Å². The number of Topliss-reactive ketones (excluding diaryl/α,β-unsaturated/α-hetero) is 1. The van der Waals surface area contributed by atoms with Gasteiger partial charge in [0.1, 0.15) is 29.5 Å². The largest absolute Gasteiger partial charge is 0.508 e. The molecule has 0 aromatic heterocycles. The van der Waals surface area contributed by atoms with Crippen molar-refractivity contribution in [2.24, 2.45) is 16.7 Å². The molecule has 2 unspecified atom stereocenters. The molecular weight excluding hydrogens is 810 g/mol. The Balaban J connectivity index is 1.54.